The zero-order chi connectivity index (χ0) is 14.5. The van der Waals surface area contributed by atoms with E-state index in [4.69, 9.17) is 16.3 Å². The van der Waals surface area contributed by atoms with E-state index in [1.807, 2.05) is 0 Å². The Morgan fingerprint density at radius 3 is 2.90 bits per heavy atom. The van der Waals surface area contributed by atoms with Crippen LogP contribution in [-0.4, -0.2) is 41.5 Å². The Kier molecular flexibility index (Phi) is 4.95. The SMILES string of the molecule is COC(=O)CC1CCCCN1C(=O)c1ccc(Cl)nc1. The number of methoxy groups -OCH3 is 1. The zero-order valence-corrected chi connectivity index (χ0v) is 12.1. The van der Waals surface area contributed by atoms with E-state index in [9.17, 15) is 9.59 Å². The van der Waals surface area contributed by atoms with Crippen molar-refractivity contribution in [3.63, 3.8) is 0 Å². The monoisotopic (exact) mass is 296 g/mol. The molecule has 2 heterocycles. The van der Waals surface area contributed by atoms with E-state index < -0.39 is 0 Å². The molecule has 6 heteroatoms. The summed E-state index contributed by atoms with van der Waals surface area (Å²) in [4.78, 5) is 29.6. The Morgan fingerprint density at radius 1 is 1.45 bits per heavy atom. The molecule has 0 aliphatic carbocycles. The second kappa shape index (κ2) is 6.70. The number of carbonyl (C=O) groups excluding carboxylic acids is 2. The van der Waals surface area contributed by atoms with Crippen LogP contribution in [0.3, 0.4) is 0 Å². The van der Waals surface area contributed by atoms with Crippen LogP contribution < -0.4 is 0 Å². The van der Waals surface area contributed by atoms with E-state index in [-0.39, 0.29) is 24.3 Å². The number of halogens is 1. The predicted molar refractivity (Wildman–Crippen MR) is 74.6 cm³/mol. The van der Waals surface area contributed by atoms with Gasteiger partial charge in [-0.15, -0.1) is 0 Å². The van der Waals surface area contributed by atoms with Crippen molar-refractivity contribution in [1.29, 1.82) is 0 Å². The molecule has 0 N–H and O–H groups in total. The van der Waals surface area contributed by atoms with E-state index >= 15 is 0 Å². The summed E-state index contributed by atoms with van der Waals surface area (Å²) in [5, 5.41) is 0.353. The smallest absolute Gasteiger partial charge is 0.307 e. The molecule has 20 heavy (non-hydrogen) atoms. The van der Waals surface area contributed by atoms with Crippen molar-refractivity contribution in [1.82, 2.24) is 9.88 Å². The summed E-state index contributed by atoms with van der Waals surface area (Å²) in [5.74, 6) is -0.397. The molecule has 1 aliphatic heterocycles. The third-order valence-corrected chi connectivity index (χ3v) is 3.72. The quantitative estimate of drug-likeness (QED) is 0.634. The summed E-state index contributed by atoms with van der Waals surface area (Å²) in [5.41, 5.74) is 0.492. The van der Waals surface area contributed by atoms with Crippen molar-refractivity contribution in [2.24, 2.45) is 0 Å². The van der Waals surface area contributed by atoms with Gasteiger partial charge in [-0.05, 0) is 31.4 Å². The van der Waals surface area contributed by atoms with E-state index in [2.05, 4.69) is 4.98 Å². The molecule has 1 aromatic heterocycles. The molecular formula is C14H17ClN2O3. The van der Waals surface area contributed by atoms with Crippen LogP contribution in [0.1, 0.15) is 36.0 Å². The van der Waals surface area contributed by atoms with Crippen LogP contribution in [0, 0.1) is 0 Å². The molecule has 2 rings (SSSR count). The maximum Gasteiger partial charge on any atom is 0.307 e. The average molecular weight is 297 g/mol. The Labute approximate surface area is 122 Å². The highest BCUT2D eigenvalue weighted by Crippen LogP contribution is 2.22. The summed E-state index contributed by atoms with van der Waals surface area (Å²) in [6, 6.07) is 3.15. The van der Waals surface area contributed by atoms with Crippen molar-refractivity contribution in [3.8, 4) is 0 Å². The van der Waals surface area contributed by atoms with Gasteiger partial charge in [-0.25, -0.2) is 4.98 Å². The molecule has 5 nitrogen and oxygen atoms in total. The van der Waals surface area contributed by atoms with Gasteiger partial charge in [0.05, 0.1) is 19.1 Å². The summed E-state index contributed by atoms with van der Waals surface area (Å²) < 4.78 is 4.70. The molecule has 1 aromatic rings. The van der Waals surface area contributed by atoms with Crippen molar-refractivity contribution >= 4 is 23.5 Å². The van der Waals surface area contributed by atoms with Gasteiger partial charge in [-0.2, -0.15) is 0 Å². The van der Waals surface area contributed by atoms with Crippen LogP contribution in [0.15, 0.2) is 18.3 Å². The van der Waals surface area contributed by atoms with E-state index in [1.54, 1.807) is 17.0 Å². The fraction of sp³-hybridized carbons (Fsp3) is 0.500. The molecule has 1 atom stereocenters. The van der Waals surface area contributed by atoms with Crippen LogP contribution in [0.4, 0.5) is 0 Å². The first-order valence-electron chi connectivity index (χ1n) is 6.61. The van der Waals surface area contributed by atoms with Gasteiger partial charge in [0.2, 0.25) is 0 Å². The van der Waals surface area contributed by atoms with E-state index in [0.29, 0.717) is 17.3 Å². The first-order chi connectivity index (χ1) is 9.61. The predicted octanol–water partition coefficient (Wildman–Crippen LogP) is 2.29. The number of hydrogen-bond donors (Lipinski definition) is 0. The number of ether oxygens (including phenoxy) is 1. The third kappa shape index (κ3) is 3.48. The van der Waals surface area contributed by atoms with Gasteiger partial charge in [0.15, 0.2) is 0 Å². The molecule has 1 unspecified atom stereocenters. The molecule has 1 saturated heterocycles. The molecule has 1 amide bonds. The topological polar surface area (TPSA) is 59.5 Å². The fourth-order valence-electron chi connectivity index (χ4n) is 2.42. The Bertz CT molecular complexity index is 490. The zero-order valence-electron chi connectivity index (χ0n) is 11.3. The number of hydrogen-bond acceptors (Lipinski definition) is 4. The van der Waals surface area contributed by atoms with Crippen LogP contribution in [0.25, 0.3) is 0 Å². The molecule has 1 fully saturated rings. The van der Waals surface area contributed by atoms with Gasteiger partial charge in [0.1, 0.15) is 5.15 Å². The van der Waals surface area contributed by atoms with Gasteiger partial charge < -0.3 is 9.64 Å². The molecule has 108 valence electrons. The standard InChI is InChI=1S/C14H17ClN2O3/c1-20-13(18)8-11-4-2-3-7-17(11)14(19)10-5-6-12(15)16-9-10/h5-6,9,11H,2-4,7-8H2,1H3. The number of esters is 1. The molecule has 0 spiro atoms. The second-order valence-corrected chi connectivity index (χ2v) is 5.19. The highest BCUT2D eigenvalue weighted by Gasteiger charge is 2.29. The van der Waals surface area contributed by atoms with Crippen molar-refractivity contribution < 1.29 is 14.3 Å². The summed E-state index contributed by atoms with van der Waals surface area (Å²) in [7, 11) is 1.36. The highest BCUT2D eigenvalue weighted by molar-refractivity contribution is 6.29. The first kappa shape index (κ1) is 14.8. The van der Waals surface area contributed by atoms with E-state index in [0.717, 1.165) is 19.3 Å². The van der Waals surface area contributed by atoms with Gasteiger partial charge in [0, 0.05) is 18.8 Å². The average Bonchev–Trinajstić information content (AvgIpc) is 2.48. The van der Waals surface area contributed by atoms with Crippen LogP contribution in [-0.2, 0) is 9.53 Å². The maximum absolute atomic E-state index is 12.5. The lowest BCUT2D eigenvalue weighted by molar-refractivity contribution is -0.142. The number of amides is 1. The van der Waals surface area contributed by atoms with Gasteiger partial charge in [-0.1, -0.05) is 11.6 Å². The number of aromatic nitrogens is 1. The van der Waals surface area contributed by atoms with Crippen molar-refractivity contribution in [3.05, 3.63) is 29.0 Å². The first-order valence-corrected chi connectivity index (χ1v) is 6.99. The number of likely N-dealkylation sites (tertiary alicyclic amines) is 1. The summed E-state index contributed by atoms with van der Waals surface area (Å²) in [6.07, 6.45) is 4.49. The van der Waals surface area contributed by atoms with Crippen LogP contribution in [0.5, 0.6) is 0 Å². The molecule has 1 aliphatic rings. The van der Waals surface area contributed by atoms with Crippen molar-refractivity contribution in [2.45, 2.75) is 31.7 Å². The normalized spacial score (nSPS) is 18.7. The van der Waals surface area contributed by atoms with Gasteiger partial charge in [0.25, 0.3) is 5.91 Å². The van der Waals surface area contributed by atoms with Crippen LogP contribution in [0.2, 0.25) is 5.15 Å². The minimum Gasteiger partial charge on any atom is -0.469 e. The lowest BCUT2D eigenvalue weighted by Crippen LogP contribution is -2.44. The molecule has 0 aromatic carbocycles. The number of carbonyl (C=O) groups is 2. The summed E-state index contributed by atoms with van der Waals surface area (Å²) >= 11 is 5.72. The Balaban J connectivity index is 2.12. The minimum atomic E-state index is -0.288. The number of piperidine rings is 1. The summed E-state index contributed by atoms with van der Waals surface area (Å²) in [6.45, 7) is 0.656. The second-order valence-electron chi connectivity index (χ2n) is 4.80. The number of nitrogens with zero attached hydrogens (tertiary/aromatic N) is 2. The fourth-order valence-corrected chi connectivity index (χ4v) is 2.54. The van der Waals surface area contributed by atoms with Crippen LogP contribution >= 0.6 is 11.6 Å². The number of rotatable bonds is 3. The largest absolute Gasteiger partial charge is 0.469 e. The highest BCUT2D eigenvalue weighted by atomic mass is 35.5. The third-order valence-electron chi connectivity index (χ3n) is 3.49. The molecular weight excluding hydrogens is 280 g/mol. The molecule has 0 bridgehead atoms. The molecule has 0 saturated carbocycles. The van der Waals surface area contributed by atoms with Gasteiger partial charge >= 0.3 is 5.97 Å². The Hall–Kier alpha value is -1.62. The molecule has 0 radical (unpaired) electrons. The van der Waals surface area contributed by atoms with Crippen molar-refractivity contribution in [2.75, 3.05) is 13.7 Å². The maximum atomic E-state index is 12.5. The minimum absolute atomic E-state index is 0.0978. The lowest BCUT2D eigenvalue weighted by Gasteiger charge is -2.35. The Morgan fingerprint density at radius 2 is 2.25 bits per heavy atom. The van der Waals surface area contributed by atoms with E-state index in [1.165, 1.54) is 13.3 Å². The lowest BCUT2D eigenvalue weighted by atomic mass is 9.98. The number of pyridine rings is 1. The van der Waals surface area contributed by atoms with Gasteiger partial charge in [-0.3, -0.25) is 9.59 Å².